The van der Waals surface area contributed by atoms with Gasteiger partial charge in [0.1, 0.15) is 0 Å². The molecule has 2 aromatic rings. The second kappa shape index (κ2) is 7.09. The summed E-state index contributed by atoms with van der Waals surface area (Å²) in [5.74, 6) is 1.06. The van der Waals surface area contributed by atoms with Crippen LogP contribution in [-0.2, 0) is 9.59 Å². The summed E-state index contributed by atoms with van der Waals surface area (Å²) in [5, 5.41) is 2.85. The number of benzene rings is 2. The summed E-state index contributed by atoms with van der Waals surface area (Å²) in [6, 6.07) is 16.1. The minimum absolute atomic E-state index is 0.126. The first-order valence-corrected chi connectivity index (χ1v) is 8.71. The molecule has 2 aromatic carbocycles. The van der Waals surface area contributed by atoms with Crippen LogP contribution >= 0.6 is 0 Å². The number of para-hydroxylation sites is 2. The van der Waals surface area contributed by atoms with Crippen molar-refractivity contribution in [3.63, 3.8) is 0 Å². The van der Waals surface area contributed by atoms with Crippen molar-refractivity contribution in [1.82, 2.24) is 0 Å². The second-order valence-corrected chi connectivity index (χ2v) is 6.86. The Morgan fingerprint density at radius 3 is 2.24 bits per heavy atom. The van der Waals surface area contributed by atoms with E-state index >= 15 is 0 Å². The van der Waals surface area contributed by atoms with E-state index in [1.54, 1.807) is 4.90 Å². The van der Waals surface area contributed by atoms with Crippen molar-refractivity contribution >= 4 is 23.2 Å². The minimum atomic E-state index is 0.126. The first kappa shape index (κ1) is 17.2. The van der Waals surface area contributed by atoms with Gasteiger partial charge in [-0.1, -0.05) is 50.2 Å². The molecule has 130 valence electrons. The molecule has 0 saturated heterocycles. The Balaban J connectivity index is 0.000000146. The number of rotatable bonds is 0. The van der Waals surface area contributed by atoms with Crippen LogP contribution < -0.4 is 10.2 Å². The van der Waals surface area contributed by atoms with Crippen LogP contribution in [0.4, 0.5) is 11.4 Å². The Bertz CT molecular complexity index is 800. The predicted molar refractivity (Wildman–Crippen MR) is 101 cm³/mol. The molecule has 2 aliphatic heterocycles. The average molecular weight is 336 g/mol. The van der Waals surface area contributed by atoms with Gasteiger partial charge in [0.05, 0.1) is 0 Å². The molecule has 25 heavy (non-hydrogen) atoms. The average Bonchev–Trinajstić information content (AvgIpc) is 2.60. The van der Waals surface area contributed by atoms with Crippen LogP contribution in [-0.4, -0.2) is 18.9 Å². The topological polar surface area (TPSA) is 49.4 Å². The molecule has 2 aliphatic rings. The van der Waals surface area contributed by atoms with E-state index in [2.05, 4.69) is 31.3 Å². The first-order chi connectivity index (χ1) is 12.0. The van der Waals surface area contributed by atoms with Gasteiger partial charge < -0.3 is 10.2 Å². The van der Waals surface area contributed by atoms with Gasteiger partial charge in [0.2, 0.25) is 11.8 Å². The number of nitrogens with one attached hydrogen (secondary N) is 1. The van der Waals surface area contributed by atoms with Crippen LogP contribution in [0.1, 0.15) is 49.7 Å². The summed E-state index contributed by atoms with van der Waals surface area (Å²) in [4.78, 5) is 24.4. The molecule has 2 atom stereocenters. The zero-order valence-corrected chi connectivity index (χ0v) is 15.0. The molecule has 2 unspecified atom stereocenters. The first-order valence-electron chi connectivity index (χ1n) is 8.71. The number of amides is 2. The van der Waals surface area contributed by atoms with Crippen molar-refractivity contribution in [1.29, 1.82) is 0 Å². The molecule has 4 nitrogen and oxygen atoms in total. The maximum Gasteiger partial charge on any atom is 0.227 e. The van der Waals surface area contributed by atoms with E-state index in [4.69, 9.17) is 0 Å². The molecule has 4 heteroatoms. The molecule has 2 heterocycles. The molecular formula is C21H24N2O2. The Labute approximate surface area is 148 Å². The number of anilines is 2. The fraction of sp³-hybridized carbons (Fsp3) is 0.333. The van der Waals surface area contributed by atoms with Gasteiger partial charge in [0.15, 0.2) is 0 Å². The third-order valence-corrected chi connectivity index (χ3v) is 4.94. The molecular weight excluding hydrogens is 312 g/mol. The number of hydrogen-bond donors (Lipinski definition) is 1. The molecule has 0 spiro atoms. The fourth-order valence-corrected chi connectivity index (χ4v) is 3.48. The highest BCUT2D eigenvalue weighted by Crippen LogP contribution is 2.34. The normalized spacial score (nSPS) is 21.5. The van der Waals surface area contributed by atoms with E-state index in [0.717, 1.165) is 11.4 Å². The van der Waals surface area contributed by atoms with Crippen molar-refractivity contribution in [2.75, 3.05) is 17.3 Å². The van der Waals surface area contributed by atoms with Crippen LogP contribution in [0, 0.1) is 0 Å². The summed E-state index contributed by atoms with van der Waals surface area (Å²) in [6.07, 6.45) is 1.24. The van der Waals surface area contributed by atoms with Gasteiger partial charge in [-0.25, -0.2) is 0 Å². The lowest BCUT2D eigenvalue weighted by molar-refractivity contribution is -0.119. The molecule has 0 fully saturated rings. The van der Waals surface area contributed by atoms with Crippen LogP contribution in [0.2, 0.25) is 0 Å². The Morgan fingerprint density at radius 2 is 1.48 bits per heavy atom. The van der Waals surface area contributed by atoms with Crippen molar-refractivity contribution in [3.05, 3.63) is 59.7 Å². The van der Waals surface area contributed by atoms with Gasteiger partial charge >= 0.3 is 0 Å². The number of carbonyl (C=O) groups excluding carboxylic acids is 2. The second-order valence-electron chi connectivity index (χ2n) is 6.86. The molecule has 2 amide bonds. The predicted octanol–water partition coefficient (Wildman–Crippen LogP) is 4.29. The van der Waals surface area contributed by atoms with Crippen LogP contribution in [0.25, 0.3) is 0 Å². The van der Waals surface area contributed by atoms with Crippen molar-refractivity contribution in [2.45, 2.75) is 38.5 Å². The van der Waals surface area contributed by atoms with Crippen molar-refractivity contribution < 1.29 is 9.59 Å². The largest absolute Gasteiger partial charge is 0.326 e. The van der Waals surface area contributed by atoms with Gasteiger partial charge in [0.25, 0.3) is 0 Å². The number of carbonyl (C=O) groups is 2. The lowest BCUT2D eigenvalue weighted by Crippen LogP contribution is -2.32. The third kappa shape index (κ3) is 3.58. The van der Waals surface area contributed by atoms with Gasteiger partial charge in [-0.3, -0.25) is 9.59 Å². The monoisotopic (exact) mass is 336 g/mol. The molecule has 1 N–H and O–H groups in total. The lowest BCUT2D eigenvalue weighted by atomic mass is 9.91. The quantitative estimate of drug-likeness (QED) is 0.780. The van der Waals surface area contributed by atoms with Gasteiger partial charge in [-0.15, -0.1) is 0 Å². The summed E-state index contributed by atoms with van der Waals surface area (Å²) in [6.45, 7) is 4.18. The molecule has 4 rings (SSSR count). The van der Waals surface area contributed by atoms with Crippen molar-refractivity contribution in [3.8, 4) is 0 Å². The van der Waals surface area contributed by atoms with E-state index in [1.807, 2.05) is 43.4 Å². The van der Waals surface area contributed by atoms with Gasteiger partial charge in [-0.2, -0.15) is 0 Å². The fourth-order valence-electron chi connectivity index (χ4n) is 3.48. The third-order valence-electron chi connectivity index (χ3n) is 4.94. The highest BCUT2D eigenvalue weighted by molar-refractivity contribution is 5.96. The summed E-state index contributed by atoms with van der Waals surface area (Å²) in [5.41, 5.74) is 4.56. The number of nitrogens with zero attached hydrogens (tertiary/aromatic N) is 1. The van der Waals surface area contributed by atoms with E-state index in [9.17, 15) is 9.59 Å². The van der Waals surface area contributed by atoms with Crippen LogP contribution in [0.3, 0.4) is 0 Å². The van der Waals surface area contributed by atoms with E-state index in [-0.39, 0.29) is 11.8 Å². The molecule has 0 aromatic heterocycles. The highest BCUT2D eigenvalue weighted by atomic mass is 16.2. The Hall–Kier alpha value is -2.62. The van der Waals surface area contributed by atoms with E-state index in [1.165, 1.54) is 11.1 Å². The van der Waals surface area contributed by atoms with Crippen LogP contribution in [0.15, 0.2) is 48.5 Å². The maximum atomic E-state index is 11.5. The molecule has 0 saturated carbocycles. The van der Waals surface area contributed by atoms with Crippen molar-refractivity contribution in [2.24, 2.45) is 0 Å². The highest BCUT2D eigenvalue weighted by Gasteiger charge is 2.25. The SMILES string of the molecule is CC1CC(=O)N(C)c2ccccc21.CC1CC(=O)Nc2ccccc21. The molecule has 0 radical (unpaired) electrons. The number of fused-ring (bicyclic) bond motifs is 2. The number of hydrogen-bond acceptors (Lipinski definition) is 2. The minimum Gasteiger partial charge on any atom is -0.326 e. The summed E-state index contributed by atoms with van der Waals surface area (Å²) in [7, 11) is 1.84. The summed E-state index contributed by atoms with van der Waals surface area (Å²) >= 11 is 0. The standard InChI is InChI=1S/C11H13NO.C10H11NO/c1-8-7-11(13)12(2)10-6-4-3-5-9(8)10;1-7-6-10(12)11-9-5-3-2-4-8(7)9/h3-6,8H,7H2,1-2H3;2-5,7H,6H2,1H3,(H,11,12). The van der Waals surface area contributed by atoms with Crippen LogP contribution in [0.5, 0.6) is 0 Å². The zero-order valence-electron chi connectivity index (χ0n) is 15.0. The van der Waals surface area contributed by atoms with Gasteiger partial charge in [0, 0.05) is 31.3 Å². The smallest absolute Gasteiger partial charge is 0.227 e. The molecule has 0 bridgehead atoms. The van der Waals surface area contributed by atoms with E-state index in [0.29, 0.717) is 24.7 Å². The lowest BCUT2D eigenvalue weighted by Gasteiger charge is -2.29. The Morgan fingerprint density at radius 1 is 0.880 bits per heavy atom. The van der Waals surface area contributed by atoms with Gasteiger partial charge in [-0.05, 0) is 35.1 Å². The van der Waals surface area contributed by atoms with E-state index < -0.39 is 0 Å². The summed E-state index contributed by atoms with van der Waals surface area (Å²) < 4.78 is 0. The molecule has 0 aliphatic carbocycles. The Kier molecular flexibility index (Phi) is 4.88. The zero-order chi connectivity index (χ0) is 18.0. The maximum absolute atomic E-state index is 11.5.